The van der Waals surface area contributed by atoms with E-state index in [4.69, 9.17) is 0 Å². The van der Waals surface area contributed by atoms with Crippen LogP contribution in [-0.4, -0.2) is 29.7 Å². The van der Waals surface area contributed by atoms with E-state index >= 15 is 0 Å². The Morgan fingerprint density at radius 3 is 2.89 bits per heavy atom. The average molecular weight is 262 g/mol. The monoisotopic (exact) mass is 262 g/mol. The minimum absolute atomic E-state index is 0.0957. The van der Waals surface area contributed by atoms with Gasteiger partial charge in [-0.25, -0.2) is 4.79 Å². The number of rotatable bonds is 4. The number of para-hydroxylation sites is 1. The first-order valence-corrected chi connectivity index (χ1v) is 6.88. The van der Waals surface area contributed by atoms with Gasteiger partial charge in [0.1, 0.15) is 5.54 Å². The van der Waals surface area contributed by atoms with Crippen molar-refractivity contribution in [2.45, 2.75) is 32.2 Å². The van der Waals surface area contributed by atoms with Gasteiger partial charge in [0.2, 0.25) is 0 Å². The topological polar surface area (TPSA) is 61.4 Å². The summed E-state index contributed by atoms with van der Waals surface area (Å²) >= 11 is 0. The molecule has 1 aromatic carbocycles. The summed E-state index contributed by atoms with van der Waals surface area (Å²) in [5.41, 5.74) is 1.15. The first kappa shape index (κ1) is 13.9. The maximum Gasteiger partial charge on any atom is 0.329 e. The van der Waals surface area contributed by atoms with E-state index in [9.17, 15) is 9.90 Å². The van der Waals surface area contributed by atoms with Gasteiger partial charge in [0.15, 0.2) is 0 Å². The molecule has 2 atom stereocenters. The standard InChI is InChI=1S/C15H22N2O2/c1-3-12-10-16-9-8-15(12,14(18)19)17-13-7-5-4-6-11(13)2/h4-7,12,16-17H,3,8-10H2,1-2H3,(H,18,19). The lowest BCUT2D eigenvalue weighted by Gasteiger charge is -2.42. The molecule has 0 spiro atoms. The molecule has 1 heterocycles. The molecule has 3 N–H and O–H groups in total. The van der Waals surface area contributed by atoms with Crippen LogP contribution in [0.5, 0.6) is 0 Å². The molecule has 0 amide bonds. The Balaban J connectivity index is 2.34. The Hall–Kier alpha value is -1.55. The van der Waals surface area contributed by atoms with E-state index in [1.807, 2.05) is 31.2 Å². The molecular weight excluding hydrogens is 240 g/mol. The quantitative estimate of drug-likeness (QED) is 0.779. The molecule has 1 saturated heterocycles. The van der Waals surface area contributed by atoms with E-state index < -0.39 is 11.5 Å². The molecule has 19 heavy (non-hydrogen) atoms. The van der Waals surface area contributed by atoms with E-state index in [2.05, 4.69) is 17.6 Å². The van der Waals surface area contributed by atoms with Gasteiger partial charge in [0.25, 0.3) is 0 Å². The van der Waals surface area contributed by atoms with Crippen molar-refractivity contribution in [3.8, 4) is 0 Å². The van der Waals surface area contributed by atoms with Crippen molar-refractivity contribution in [3.05, 3.63) is 29.8 Å². The Kier molecular flexibility index (Phi) is 4.10. The Morgan fingerprint density at radius 1 is 1.53 bits per heavy atom. The highest BCUT2D eigenvalue weighted by Crippen LogP contribution is 2.32. The maximum absolute atomic E-state index is 11.9. The van der Waals surface area contributed by atoms with Crippen LogP contribution in [0.25, 0.3) is 0 Å². The predicted octanol–water partition coefficient (Wildman–Crippen LogP) is 2.25. The van der Waals surface area contributed by atoms with Crippen molar-refractivity contribution >= 4 is 11.7 Å². The number of nitrogens with one attached hydrogen (secondary N) is 2. The third-order valence-electron chi connectivity index (χ3n) is 4.16. The minimum Gasteiger partial charge on any atom is -0.479 e. The van der Waals surface area contributed by atoms with Crippen molar-refractivity contribution in [1.82, 2.24) is 5.32 Å². The summed E-state index contributed by atoms with van der Waals surface area (Å²) in [6, 6.07) is 7.86. The fourth-order valence-electron chi connectivity index (χ4n) is 2.89. The maximum atomic E-state index is 11.9. The number of carboxylic acids is 1. The van der Waals surface area contributed by atoms with Gasteiger partial charge in [-0.05, 0) is 37.9 Å². The van der Waals surface area contributed by atoms with Gasteiger partial charge >= 0.3 is 5.97 Å². The van der Waals surface area contributed by atoms with Crippen LogP contribution in [0.3, 0.4) is 0 Å². The smallest absolute Gasteiger partial charge is 0.329 e. The first-order chi connectivity index (χ1) is 9.10. The third kappa shape index (κ3) is 2.59. The molecule has 104 valence electrons. The number of aryl methyl sites for hydroxylation is 1. The summed E-state index contributed by atoms with van der Waals surface area (Å²) in [4.78, 5) is 11.9. The molecule has 4 heteroatoms. The molecule has 0 radical (unpaired) electrons. The lowest BCUT2D eigenvalue weighted by Crippen LogP contribution is -2.60. The van der Waals surface area contributed by atoms with Gasteiger partial charge in [-0.3, -0.25) is 0 Å². The number of hydrogen-bond donors (Lipinski definition) is 3. The molecule has 1 aromatic rings. The van der Waals surface area contributed by atoms with Crippen LogP contribution >= 0.6 is 0 Å². The minimum atomic E-state index is -0.855. The zero-order valence-corrected chi connectivity index (χ0v) is 11.6. The van der Waals surface area contributed by atoms with Crippen molar-refractivity contribution in [2.75, 3.05) is 18.4 Å². The molecule has 0 aliphatic carbocycles. The number of anilines is 1. The van der Waals surface area contributed by atoms with Crippen LogP contribution in [0.2, 0.25) is 0 Å². The molecule has 2 rings (SSSR count). The molecule has 2 unspecified atom stereocenters. The van der Waals surface area contributed by atoms with Crippen LogP contribution in [-0.2, 0) is 4.79 Å². The second-order valence-corrected chi connectivity index (χ2v) is 5.28. The third-order valence-corrected chi connectivity index (χ3v) is 4.16. The zero-order chi connectivity index (χ0) is 13.9. The van der Waals surface area contributed by atoms with Gasteiger partial charge in [0, 0.05) is 18.2 Å². The number of piperidine rings is 1. The summed E-state index contributed by atoms with van der Waals surface area (Å²) in [6.45, 7) is 5.54. The summed E-state index contributed by atoms with van der Waals surface area (Å²) in [6.07, 6.45) is 1.45. The van der Waals surface area contributed by atoms with Crippen LogP contribution in [0.4, 0.5) is 5.69 Å². The zero-order valence-electron chi connectivity index (χ0n) is 11.6. The predicted molar refractivity (Wildman–Crippen MR) is 76.4 cm³/mol. The number of aliphatic carboxylic acids is 1. The Labute approximate surface area is 114 Å². The van der Waals surface area contributed by atoms with Gasteiger partial charge in [-0.1, -0.05) is 25.1 Å². The van der Waals surface area contributed by atoms with Crippen LogP contribution < -0.4 is 10.6 Å². The van der Waals surface area contributed by atoms with Crippen LogP contribution in [0.15, 0.2) is 24.3 Å². The molecule has 1 fully saturated rings. The van der Waals surface area contributed by atoms with Crippen molar-refractivity contribution in [2.24, 2.45) is 5.92 Å². The van der Waals surface area contributed by atoms with Crippen LogP contribution in [0.1, 0.15) is 25.3 Å². The van der Waals surface area contributed by atoms with Crippen LogP contribution in [0, 0.1) is 12.8 Å². The second kappa shape index (κ2) is 5.61. The van der Waals surface area contributed by atoms with E-state index in [1.54, 1.807) is 0 Å². The molecule has 1 aliphatic heterocycles. The molecule has 4 nitrogen and oxygen atoms in total. The fourth-order valence-corrected chi connectivity index (χ4v) is 2.89. The molecular formula is C15H22N2O2. The lowest BCUT2D eigenvalue weighted by atomic mass is 9.76. The average Bonchev–Trinajstić information content (AvgIpc) is 2.41. The molecule has 0 aromatic heterocycles. The second-order valence-electron chi connectivity index (χ2n) is 5.28. The fraction of sp³-hybridized carbons (Fsp3) is 0.533. The first-order valence-electron chi connectivity index (χ1n) is 6.88. The van der Waals surface area contributed by atoms with Gasteiger partial charge in [0.05, 0.1) is 0 Å². The molecule has 1 aliphatic rings. The highest BCUT2D eigenvalue weighted by molar-refractivity contribution is 5.84. The summed E-state index contributed by atoms with van der Waals surface area (Å²) < 4.78 is 0. The van der Waals surface area contributed by atoms with Gasteiger partial charge in [-0.15, -0.1) is 0 Å². The van der Waals surface area contributed by atoms with E-state index in [0.29, 0.717) is 6.42 Å². The summed E-state index contributed by atoms with van der Waals surface area (Å²) in [5, 5.41) is 16.4. The summed E-state index contributed by atoms with van der Waals surface area (Å²) in [7, 11) is 0. The highest BCUT2D eigenvalue weighted by Gasteiger charge is 2.46. The number of carboxylic acid groups (broad SMARTS) is 1. The Morgan fingerprint density at radius 2 is 2.26 bits per heavy atom. The van der Waals surface area contributed by atoms with Crippen molar-refractivity contribution < 1.29 is 9.90 Å². The van der Waals surface area contributed by atoms with E-state index in [1.165, 1.54) is 0 Å². The van der Waals surface area contributed by atoms with E-state index in [0.717, 1.165) is 30.8 Å². The van der Waals surface area contributed by atoms with Gasteiger partial charge in [-0.2, -0.15) is 0 Å². The van der Waals surface area contributed by atoms with Gasteiger partial charge < -0.3 is 15.7 Å². The Bertz CT molecular complexity index is 461. The van der Waals surface area contributed by atoms with Crippen molar-refractivity contribution in [1.29, 1.82) is 0 Å². The van der Waals surface area contributed by atoms with E-state index in [-0.39, 0.29) is 5.92 Å². The molecule has 0 bridgehead atoms. The SMILES string of the molecule is CCC1CNCCC1(Nc1ccccc1C)C(=O)O. The largest absolute Gasteiger partial charge is 0.479 e. The number of carbonyl (C=O) groups is 1. The molecule has 0 saturated carbocycles. The number of benzene rings is 1. The number of hydrogen-bond acceptors (Lipinski definition) is 3. The summed E-state index contributed by atoms with van der Waals surface area (Å²) in [5.74, 6) is -0.651. The normalized spacial score (nSPS) is 26.9. The lowest BCUT2D eigenvalue weighted by molar-refractivity contribution is -0.145. The van der Waals surface area contributed by atoms with Crippen molar-refractivity contribution in [3.63, 3.8) is 0 Å². The highest BCUT2D eigenvalue weighted by atomic mass is 16.4.